The van der Waals surface area contributed by atoms with Crippen molar-refractivity contribution in [3.63, 3.8) is 0 Å². The number of nitro benzene ring substituents is 1. The summed E-state index contributed by atoms with van der Waals surface area (Å²) in [6.07, 6.45) is 0.749. The number of ether oxygens (including phenoxy) is 1. The molecule has 1 aliphatic carbocycles. The third-order valence-corrected chi connectivity index (χ3v) is 6.56. The number of nitro groups is 1. The number of hydrogen-bond acceptors (Lipinski definition) is 8. The molecule has 35 heavy (non-hydrogen) atoms. The lowest BCUT2D eigenvalue weighted by Gasteiger charge is -2.44. The average molecular weight is 475 g/mol. The summed E-state index contributed by atoms with van der Waals surface area (Å²) >= 11 is 0. The van der Waals surface area contributed by atoms with Crippen LogP contribution in [0.25, 0.3) is 0 Å². The number of phenolic OH excluding ortho intramolecular Hbond substituents is 1. The molecule has 0 aromatic heterocycles. The van der Waals surface area contributed by atoms with Crippen LogP contribution in [-0.2, 0) is 4.79 Å². The molecule has 1 heterocycles. The Morgan fingerprint density at radius 3 is 2.60 bits per heavy atom. The minimum Gasteiger partial charge on any atom is -0.504 e. The first-order valence-electron chi connectivity index (χ1n) is 11.1. The van der Waals surface area contributed by atoms with E-state index >= 15 is 0 Å². The van der Waals surface area contributed by atoms with Crippen molar-refractivity contribution in [1.29, 1.82) is 5.26 Å². The highest BCUT2D eigenvalue weighted by molar-refractivity contribution is 6.01. The smallest absolute Gasteiger partial charge is 0.271 e. The molecule has 0 amide bonds. The van der Waals surface area contributed by atoms with Gasteiger partial charge in [-0.3, -0.25) is 19.8 Å². The van der Waals surface area contributed by atoms with E-state index in [1.165, 1.54) is 25.3 Å². The summed E-state index contributed by atoms with van der Waals surface area (Å²) in [5.41, 5.74) is 9.04. The first kappa shape index (κ1) is 23.8. The van der Waals surface area contributed by atoms with E-state index in [0.29, 0.717) is 34.5 Å². The third kappa shape index (κ3) is 3.97. The summed E-state index contributed by atoms with van der Waals surface area (Å²) in [5, 5.41) is 31.8. The fourth-order valence-electron chi connectivity index (χ4n) is 4.94. The molecule has 2 aliphatic rings. The summed E-state index contributed by atoms with van der Waals surface area (Å²) < 4.78 is 5.25. The minimum absolute atomic E-state index is 0.0679. The number of aryl methyl sites for hydroxylation is 1. The Bertz CT molecular complexity index is 1370. The normalized spacial score (nSPS) is 19.3. The van der Waals surface area contributed by atoms with E-state index in [9.17, 15) is 25.3 Å². The molecule has 0 bridgehead atoms. The van der Waals surface area contributed by atoms with Gasteiger partial charge in [-0.1, -0.05) is 26.0 Å². The average Bonchev–Trinajstić information content (AvgIpc) is 2.78. The molecule has 0 saturated carbocycles. The number of rotatable bonds is 4. The molecule has 2 aromatic carbocycles. The van der Waals surface area contributed by atoms with Crippen molar-refractivity contribution in [2.45, 2.75) is 39.5 Å². The van der Waals surface area contributed by atoms with E-state index in [0.717, 1.165) is 0 Å². The van der Waals surface area contributed by atoms with Crippen LogP contribution in [0.3, 0.4) is 0 Å². The Morgan fingerprint density at radius 1 is 1.26 bits per heavy atom. The number of Topliss-reactive ketones (excluding diaryl/α,β-unsaturated/α-hetero) is 1. The number of non-ortho nitro benzene ring substituents is 1. The van der Waals surface area contributed by atoms with Crippen molar-refractivity contribution in [2.75, 3.05) is 12.0 Å². The maximum atomic E-state index is 13.6. The number of nitrogens with two attached hydrogens (primary N) is 1. The van der Waals surface area contributed by atoms with Gasteiger partial charge in [-0.05, 0) is 42.0 Å². The highest BCUT2D eigenvalue weighted by Crippen LogP contribution is 2.51. The van der Waals surface area contributed by atoms with Gasteiger partial charge in [0.15, 0.2) is 17.3 Å². The third-order valence-electron chi connectivity index (χ3n) is 6.56. The summed E-state index contributed by atoms with van der Waals surface area (Å²) in [7, 11) is 1.42. The molecule has 0 saturated heterocycles. The minimum atomic E-state index is -0.761. The van der Waals surface area contributed by atoms with Gasteiger partial charge in [0.05, 0.1) is 35.3 Å². The molecule has 1 aliphatic heterocycles. The van der Waals surface area contributed by atoms with Gasteiger partial charge < -0.3 is 15.6 Å². The number of ketones is 1. The Labute approximate surface area is 202 Å². The van der Waals surface area contributed by atoms with Gasteiger partial charge in [0.25, 0.3) is 5.69 Å². The molecule has 9 heteroatoms. The van der Waals surface area contributed by atoms with Crippen LogP contribution >= 0.6 is 0 Å². The Hall–Kier alpha value is -4.32. The van der Waals surface area contributed by atoms with Gasteiger partial charge in [-0.25, -0.2) is 0 Å². The summed E-state index contributed by atoms with van der Waals surface area (Å²) in [6, 6.07) is 11.3. The molecule has 180 valence electrons. The van der Waals surface area contributed by atoms with Gasteiger partial charge >= 0.3 is 0 Å². The number of methoxy groups -OCH3 is 1. The van der Waals surface area contributed by atoms with Crippen molar-refractivity contribution in [1.82, 2.24) is 0 Å². The van der Waals surface area contributed by atoms with E-state index in [4.69, 9.17) is 10.5 Å². The summed E-state index contributed by atoms with van der Waals surface area (Å²) in [6.45, 7) is 5.75. The number of nitriles is 1. The van der Waals surface area contributed by atoms with Crippen molar-refractivity contribution in [3.8, 4) is 17.6 Å². The predicted molar refractivity (Wildman–Crippen MR) is 130 cm³/mol. The molecule has 3 N–H and O–H groups in total. The largest absolute Gasteiger partial charge is 0.504 e. The number of benzene rings is 2. The molecule has 0 spiro atoms. The SMILES string of the molecule is COc1cc(C2C(C#N)=C(N)N(c3cc([N+](=O)[O-])ccc3C)C3=C2C(=O)CC(C)(C)C3)ccc1O. The summed E-state index contributed by atoms with van der Waals surface area (Å²) in [4.78, 5) is 26.3. The van der Waals surface area contributed by atoms with Crippen LogP contribution in [0.4, 0.5) is 11.4 Å². The summed E-state index contributed by atoms with van der Waals surface area (Å²) in [5.74, 6) is -0.634. The number of anilines is 1. The molecular formula is C26H26N4O5. The standard InChI is InChI=1S/C26H26N4O5/c1-14-5-7-16(30(33)34)10-18(14)29-19-11-26(2,3)12-21(32)24(19)23(17(13-27)25(29)28)15-6-8-20(31)22(9-15)35-4/h5-10,23,31H,11-12,28H2,1-4H3. The lowest BCUT2D eigenvalue weighted by atomic mass is 9.68. The maximum absolute atomic E-state index is 13.6. The highest BCUT2D eigenvalue weighted by Gasteiger charge is 2.45. The van der Waals surface area contributed by atoms with E-state index in [2.05, 4.69) is 6.07 Å². The lowest BCUT2D eigenvalue weighted by Crippen LogP contribution is -2.42. The number of carbonyl (C=O) groups excluding carboxylic acids is 1. The molecule has 4 rings (SSSR count). The topological polar surface area (TPSA) is 143 Å². The fourth-order valence-corrected chi connectivity index (χ4v) is 4.94. The maximum Gasteiger partial charge on any atom is 0.271 e. The first-order valence-corrected chi connectivity index (χ1v) is 11.1. The van der Waals surface area contributed by atoms with Gasteiger partial charge in [-0.15, -0.1) is 0 Å². The molecule has 1 atom stereocenters. The van der Waals surface area contributed by atoms with Crippen molar-refractivity contribution in [3.05, 3.63) is 80.3 Å². The number of carbonyl (C=O) groups is 1. The van der Waals surface area contributed by atoms with Crippen LogP contribution in [0.15, 0.2) is 59.1 Å². The molecule has 1 unspecified atom stereocenters. The second kappa shape index (κ2) is 8.47. The zero-order valence-corrected chi connectivity index (χ0v) is 20.0. The van der Waals surface area contributed by atoms with Crippen LogP contribution in [0, 0.1) is 33.8 Å². The van der Waals surface area contributed by atoms with E-state index in [1.807, 2.05) is 13.8 Å². The van der Waals surface area contributed by atoms with Crippen molar-refractivity contribution in [2.24, 2.45) is 11.1 Å². The molecule has 0 fully saturated rings. The number of aromatic hydroxyl groups is 1. The van der Waals surface area contributed by atoms with E-state index in [-0.39, 0.29) is 46.2 Å². The van der Waals surface area contributed by atoms with Crippen LogP contribution < -0.4 is 15.4 Å². The Morgan fingerprint density at radius 2 is 1.97 bits per heavy atom. The fraction of sp³-hybridized carbons (Fsp3) is 0.308. The monoisotopic (exact) mass is 474 g/mol. The van der Waals surface area contributed by atoms with Crippen LogP contribution in [-0.4, -0.2) is 22.9 Å². The number of nitrogens with zero attached hydrogens (tertiary/aromatic N) is 3. The quantitative estimate of drug-likeness (QED) is 0.485. The highest BCUT2D eigenvalue weighted by atomic mass is 16.6. The Balaban J connectivity index is 2.04. The second-order valence-corrected chi connectivity index (χ2v) is 9.64. The molecular weight excluding hydrogens is 448 g/mol. The van der Waals surface area contributed by atoms with E-state index < -0.39 is 10.8 Å². The number of allylic oxidation sites excluding steroid dienone is 3. The van der Waals surface area contributed by atoms with Gasteiger partial charge in [0, 0.05) is 29.8 Å². The van der Waals surface area contributed by atoms with Crippen molar-refractivity contribution < 1.29 is 19.6 Å². The number of hydrogen-bond donors (Lipinski definition) is 2. The number of phenols is 1. The molecule has 0 radical (unpaired) electrons. The van der Waals surface area contributed by atoms with Gasteiger partial charge in [0.1, 0.15) is 5.82 Å². The predicted octanol–water partition coefficient (Wildman–Crippen LogP) is 4.56. The van der Waals surface area contributed by atoms with Crippen LogP contribution in [0.1, 0.15) is 43.7 Å². The Kier molecular flexibility index (Phi) is 5.77. The first-order chi connectivity index (χ1) is 16.5. The zero-order chi connectivity index (χ0) is 25.7. The molecule has 2 aromatic rings. The van der Waals surface area contributed by atoms with Gasteiger partial charge in [0.2, 0.25) is 0 Å². The van der Waals surface area contributed by atoms with Crippen LogP contribution in [0.2, 0.25) is 0 Å². The molecule has 9 nitrogen and oxygen atoms in total. The van der Waals surface area contributed by atoms with Gasteiger partial charge in [-0.2, -0.15) is 5.26 Å². The second-order valence-electron chi connectivity index (χ2n) is 9.64. The zero-order valence-electron chi connectivity index (χ0n) is 20.0. The lowest BCUT2D eigenvalue weighted by molar-refractivity contribution is -0.384. The van der Waals surface area contributed by atoms with Crippen molar-refractivity contribution >= 4 is 17.2 Å². The van der Waals surface area contributed by atoms with Crippen LogP contribution in [0.5, 0.6) is 11.5 Å². The van der Waals surface area contributed by atoms with E-state index in [1.54, 1.807) is 30.0 Å².